The van der Waals surface area contributed by atoms with Crippen LogP contribution < -0.4 is 5.32 Å². The molecule has 2 aromatic rings. The first kappa shape index (κ1) is 16.1. The van der Waals surface area contributed by atoms with Crippen LogP contribution in [0.2, 0.25) is 0 Å². The minimum atomic E-state index is -0.283. The Kier molecular flexibility index (Phi) is 4.73. The fourth-order valence-corrected chi connectivity index (χ4v) is 3.71. The van der Waals surface area contributed by atoms with Gasteiger partial charge in [-0.15, -0.1) is 11.3 Å². The summed E-state index contributed by atoms with van der Waals surface area (Å²) in [7, 11) is 0. The average Bonchev–Trinajstić information content (AvgIpc) is 2.89. The van der Waals surface area contributed by atoms with Gasteiger partial charge in [0.25, 0.3) is 0 Å². The highest BCUT2D eigenvalue weighted by atomic mass is 32.1. The number of rotatable bonds is 3. The van der Waals surface area contributed by atoms with Crippen LogP contribution in [0.25, 0.3) is 11.3 Å². The van der Waals surface area contributed by atoms with Crippen LogP contribution in [0.4, 0.5) is 9.52 Å². The van der Waals surface area contributed by atoms with Crippen molar-refractivity contribution in [3.63, 3.8) is 0 Å². The van der Waals surface area contributed by atoms with Gasteiger partial charge >= 0.3 is 0 Å². The first-order chi connectivity index (χ1) is 11.0. The predicted molar refractivity (Wildman–Crippen MR) is 88.8 cm³/mol. The van der Waals surface area contributed by atoms with E-state index in [2.05, 4.69) is 10.3 Å². The number of aliphatic hydroxyl groups excluding tert-OH is 1. The van der Waals surface area contributed by atoms with E-state index < -0.39 is 0 Å². The Bertz CT molecular complexity index is 691. The summed E-state index contributed by atoms with van der Waals surface area (Å²) in [6, 6.07) is 6.18. The van der Waals surface area contributed by atoms with Crippen molar-refractivity contribution >= 4 is 22.4 Å². The molecule has 0 radical (unpaired) electrons. The van der Waals surface area contributed by atoms with E-state index >= 15 is 0 Å². The van der Waals surface area contributed by atoms with Crippen molar-refractivity contribution in [2.75, 3.05) is 5.32 Å². The highest BCUT2D eigenvalue weighted by Gasteiger charge is 2.26. The molecular weight excluding hydrogens is 315 g/mol. The van der Waals surface area contributed by atoms with Crippen LogP contribution in [-0.2, 0) is 4.79 Å². The first-order valence-electron chi connectivity index (χ1n) is 7.75. The number of halogens is 1. The zero-order chi connectivity index (χ0) is 16.4. The van der Waals surface area contributed by atoms with Crippen molar-refractivity contribution in [2.45, 2.75) is 38.7 Å². The molecular formula is C17H19FN2O2S. The lowest BCUT2D eigenvalue weighted by Crippen LogP contribution is -2.28. The van der Waals surface area contributed by atoms with Crippen molar-refractivity contribution in [3.05, 3.63) is 35.0 Å². The topological polar surface area (TPSA) is 62.2 Å². The van der Waals surface area contributed by atoms with Gasteiger partial charge in [-0.1, -0.05) is 0 Å². The number of anilines is 1. The van der Waals surface area contributed by atoms with Crippen LogP contribution in [0.5, 0.6) is 0 Å². The van der Waals surface area contributed by atoms with Crippen molar-refractivity contribution in [2.24, 2.45) is 5.92 Å². The van der Waals surface area contributed by atoms with Gasteiger partial charge in [0.05, 0.1) is 11.8 Å². The monoisotopic (exact) mass is 334 g/mol. The number of hydrogen-bond acceptors (Lipinski definition) is 4. The van der Waals surface area contributed by atoms with Gasteiger partial charge in [0.15, 0.2) is 5.13 Å². The van der Waals surface area contributed by atoms with Crippen molar-refractivity contribution < 1.29 is 14.3 Å². The Morgan fingerprint density at radius 3 is 2.57 bits per heavy atom. The summed E-state index contributed by atoms with van der Waals surface area (Å²) in [6.07, 6.45) is 2.50. The maximum atomic E-state index is 13.0. The molecule has 2 N–H and O–H groups in total. The summed E-state index contributed by atoms with van der Waals surface area (Å²) in [5.41, 5.74) is 1.60. The largest absolute Gasteiger partial charge is 0.393 e. The second kappa shape index (κ2) is 6.76. The molecule has 1 aliphatic carbocycles. The SMILES string of the molecule is Cc1sc(NC(=O)C2CCC(O)CC2)nc1-c1ccc(F)cc1. The lowest BCUT2D eigenvalue weighted by molar-refractivity contribution is -0.121. The molecule has 4 nitrogen and oxygen atoms in total. The fraction of sp³-hybridized carbons (Fsp3) is 0.412. The molecule has 3 rings (SSSR count). The number of amides is 1. The summed E-state index contributed by atoms with van der Waals surface area (Å²) in [5.74, 6) is -0.372. The number of carbonyl (C=O) groups is 1. The maximum absolute atomic E-state index is 13.0. The van der Waals surface area contributed by atoms with E-state index in [9.17, 15) is 14.3 Å². The Morgan fingerprint density at radius 2 is 1.91 bits per heavy atom. The summed E-state index contributed by atoms with van der Waals surface area (Å²) in [6.45, 7) is 1.93. The molecule has 23 heavy (non-hydrogen) atoms. The Hall–Kier alpha value is -1.79. The third-order valence-electron chi connectivity index (χ3n) is 4.21. The molecule has 0 unspecified atom stereocenters. The summed E-state index contributed by atoms with van der Waals surface area (Å²) in [5, 5.41) is 13.0. The molecule has 1 aromatic heterocycles. The molecule has 0 atom stereocenters. The lowest BCUT2D eigenvalue weighted by atomic mass is 9.87. The Balaban J connectivity index is 1.71. The van der Waals surface area contributed by atoms with Gasteiger partial charge in [0.1, 0.15) is 5.82 Å². The van der Waals surface area contributed by atoms with E-state index in [1.54, 1.807) is 12.1 Å². The Labute approximate surface area is 138 Å². The molecule has 0 aliphatic heterocycles. The van der Waals surface area contributed by atoms with Gasteiger partial charge in [-0.2, -0.15) is 0 Å². The predicted octanol–water partition coefficient (Wildman–Crippen LogP) is 3.75. The fourth-order valence-electron chi connectivity index (χ4n) is 2.87. The second-order valence-electron chi connectivity index (χ2n) is 5.93. The van der Waals surface area contributed by atoms with Gasteiger partial charge < -0.3 is 10.4 Å². The van der Waals surface area contributed by atoms with Crippen molar-refractivity contribution in [3.8, 4) is 11.3 Å². The molecule has 1 amide bonds. The van der Waals surface area contributed by atoms with Crippen LogP contribution in [0.3, 0.4) is 0 Å². The van der Waals surface area contributed by atoms with Crippen LogP contribution in [0.15, 0.2) is 24.3 Å². The van der Waals surface area contributed by atoms with Gasteiger partial charge in [-0.05, 0) is 56.9 Å². The molecule has 1 heterocycles. The van der Waals surface area contributed by atoms with E-state index in [-0.39, 0.29) is 23.7 Å². The third kappa shape index (κ3) is 3.76. The van der Waals surface area contributed by atoms with E-state index in [1.165, 1.54) is 23.5 Å². The molecule has 122 valence electrons. The Morgan fingerprint density at radius 1 is 1.26 bits per heavy atom. The lowest BCUT2D eigenvalue weighted by Gasteiger charge is -2.23. The number of hydrogen-bond donors (Lipinski definition) is 2. The molecule has 0 bridgehead atoms. The molecule has 1 fully saturated rings. The zero-order valence-electron chi connectivity index (χ0n) is 12.9. The molecule has 1 aromatic carbocycles. The highest BCUT2D eigenvalue weighted by Crippen LogP contribution is 2.32. The number of nitrogens with zero attached hydrogens (tertiary/aromatic N) is 1. The van der Waals surface area contributed by atoms with Gasteiger partial charge in [0, 0.05) is 16.4 Å². The number of aromatic nitrogens is 1. The smallest absolute Gasteiger partial charge is 0.229 e. The van der Waals surface area contributed by atoms with E-state index in [4.69, 9.17) is 0 Å². The second-order valence-corrected chi connectivity index (χ2v) is 7.13. The molecule has 1 saturated carbocycles. The number of nitrogens with one attached hydrogen (secondary N) is 1. The van der Waals surface area contributed by atoms with E-state index in [0.717, 1.165) is 16.1 Å². The van der Waals surface area contributed by atoms with Gasteiger partial charge in [0.2, 0.25) is 5.91 Å². The van der Waals surface area contributed by atoms with Crippen molar-refractivity contribution in [1.82, 2.24) is 4.98 Å². The van der Waals surface area contributed by atoms with Crippen LogP contribution >= 0.6 is 11.3 Å². The zero-order valence-corrected chi connectivity index (χ0v) is 13.7. The minimum Gasteiger partial charge on any atom is -0.393 e. The molecule has 0 saturated heterocycles. The third-order valence-corrected chi connectivity index (χ3v) is 5.10. The summed E-state index contributed by atoms with van der Waals surface area (Å²) in [4.78, 5) is 17.8. The van der Waals surface area contributed by atoms with Gasteiger partial charge in [-0.3, -0.25) is 4.79 Å². The van der Waals surface area contributed by atoms with E-state index in [0.29, 0.717) is 30.8 Å². The highest BCUT2D eigenvalue weighted by molar-refractivity contribution is 7.16. The van der Waals surface area contributed by atoms with Gasteiger partial charge in [-0.25, -0.2) is 9.37 Å². The number of thiazole rings is 1. The molecule has 6 heteroatoms. The maximum Gasteiger partial charge on any atom is 0.229 e. The standard InChI is InChI=1S/C17H19FN2O2S/c1-10-15(11-2-6-13(18)7-3-11)19-17(23-10)20-16(22)12-4-8-14(21)9-5-12/h2-3,6-7,12,14,21H,4-5,8-9H2,1H3,(H,19,20,22). The van der Waals surface area contributed by atoms with Crippen LogP contribution in [0.1, 0.15) is 30.6 Å². The van der Waals surface area contributed by atoms with E-state index in [1.807, 2.05) is 6.92 Å². The molecule has 0 spiro atoms. The number of carbonyl (C=O) groups excluding carboxylic acids is 1. The van der Waals surface area contributed by atoms with Crippen molar-refractivity contribution in [1.29, 1.82) is 0 Å². The summed E-state index contributed by atoms with van der Waals surface area (Å²) < 4.78 is 13.0. The number of aliphatic hydroxyl groups is 1. The average molecular weight is 334 g/mol. The number of aryl methyl sites for hydroxylation is 1. The quantitative estimate of drug-likeness (QED) is 0.899. The normalized spacial score (nSPS) is 21.2. The van der Waals surface area contributed by atoms with Crippen LogP contribution in [-0.4, -0.2) is 22.1 Å². The number of benzene rings is 1. The minimum absolute atomic E-state index is 0.0312. The molecule has 1 aliphatic rings. The summed E-state index contributed by atoms with van der Waals surface area (Å²) >= 11 is 1.42. The first-order valence-corrected chi connectivity index (χ1v) is 8.57. The van der Waals surface area contributed by atoms with Crippen LogP contribution in [0, 0.1) is 18.7 Å².